The smallest absolute Gasteiger partial charge is 0.157 e. The monoisotopic (exact) mass is 236 g/mol. The minimum atomic E-state index is 0.247. The van der Waals surface area contributed by atoms with Crippen LogP contribution in [0.2, 0.25) is 5.15 Å². The second-order valence-corrected chi connectivity index (χ2v) is 3.02. The highest BCUT2D eigenvalue weighted by atomic mass is 79.9. The number of nitrogens with two attached hydrogens (primary N) is 1. The average molecular weight is 237 g/mol. The summed E-state index contributed by atoms with van der Waals surface area (Å²) in [5.74, 6) is 0.525. The van der Waals surface area contributed by atoms with Crippen molar-refractivity contribution in [1.29, 1.82) is 0 Å². The van der Waals surface area contributed by atoms with Crippen molar-refractivity contribution in [2.24, 2.45) is 0 Å². The number of hydrogen-bond donors (Lipinski definition) is 1. The summed E-state index contributed by atoms with van der Waals surface area (Å²) in [6, 6.07) is 1.65. The highest BCUT2D eigenvalue weighted by molar-refractivity contribution is 9.10. The van der Waals surface area contributed by atoms with Crippen LogP contribution >= 0.6 is 27.5 Å². The Bertz CT molecular complexity index is 280. The Morgan fingerprint density at radius 1 is 1.73 bits per heavy atom. The maximum Gasteiger partial charge on any atom is 0.157 e. The Balaban J connectivity index is 3.24. The van der Waals surface area contributed by atoms with Crippen molar-refractivity contribution in [2.45, 2.75) is 0 Å². The fourth-order valence-electron chi connectivity index (χ4n) is 0.643. The number of aromatic nitrogens is 1. The number of methoxy groups -OCH3 is 1. The van der Waals surface area contributed by atoms with E-state index in [1.54, 1.807) is 6.07 Å². The van der Waals surface area contributed by atoms with Gasteiger partial charge in [-0.1, -0.05) is 11.6 Å². The van der Waals surface area contributed by atoms with E-state index < -0.39 is 0 Å². The van der Waals surface area contributed by atoms with Crippen LogP contribution in [-0.4, -0.2) is 12.1 Å². The van der Waals surface area contributed by atoms with Gasteiger partial charge in [0.2, 0.25) is 0 Å². The van der Waals surface area contributed by atoms with Gasteiger partial charge in [-0.05, 0) is 15.9 Å². The van der Waals surface area contributed by atoms with Crippen molar-refractivity contribution in [3.63, 3.8) is 0 Å². The first kappa shape index (κ1) is 8.62. The van der Waals surface area contributed by atoms with Gasteiger partial charge in [0.25, 0.3) is 0 Å². The van der Waals surface area contributed by atoms with Crippen molar-refractivity contribution >= 4 is 33.2 Å². The van der Waals surface area contributed by atoms with Crippen LogP contribution in [0.15, 0.2) is 10.7 Å². The first-order valence-corrected chi connectivity index (χ1v) is 3.97. The van der Waals surface area contributed by atoms with E-state index >= 15 is 0 Å². The van der Waals surface area contributed by atoms with Crippen LogP contribution in [0.5, 0.6) is 5.75 Å². The molecule has 11 heavy (non-hydrogen) atoms. The van der Waals surface area contributed by atoms with Gasteiger partial charge in [-0.15, -0.1) is 0 Å². The largest absolute Gasteiger partial charge is 0.494 e. The predicted octanol–water partition coefficient (Wildman–Crippen LogP) is 2.09. The number of rotatable bonds is 1. The Hall–Kier alpha value is -0.480. The number of hydrogen-bond acceptors (Lipinski definition) is 3. The molecule has 0 fully saturated rings. The van der Waals surface area contributed by atoms with Crippen LogP contribution in [0.4, 0.5) is 5.69 Å². The second-order valence-electron chi connectivity index (χ2n) is 1.85. The molecular weight excluding hydrogens is 231 g/mol. The molecule has 0 bridgehead atoms. The van der Waals surface area contributed by atoms with Crippen LogP contribution in [0.25, 0.3) is 0 Å². The lowest BCUT2D eigenvalue weighted by Gasteiger charge is -2.04. The number of ether oxygens (including phenoxy) is 1. The van der Waals surface area contributed by atoms with E-state index in [0.717, 1.165) is 0 Å². The average Bonchev–Trinajstić information content (AvgIpc) is 1.96. The van der Waals surface area contributed by atoms with Crippen LogP contribution < -0.4 is 10.5 Å². The van der Waals surface area contributed by atoms with Crippen molar-refractivity contribution in [3.05, 3.63) is 15.8 Å². The molecule has 0 aliphatic rings. The molecule has 1 aromatic rings. The van der Waals surface area contributed by atoms with Gasteiger partial charge in [0.15, 0.2) is 5.15 Å². The molecule has 3 nitrogen and oxygen atoms in total. The number of pyridine rings is 1. The second kappa shape index (κ2) is 3.28. The zero-order chi connectivity index (χ0) is 8.43. The molecule has 1 aromatic heterocycles. The fourth-order valence-corrected chi connectivity index (χ4v) is 1.31. The summed E-state index contributed by atoms with van der Waals surface area (Å²) in [7, 11) is 1.52. The Labute approximate surface area is 77.6 Å². The number of anilines is 1. The van der Waals surface area contributed by atoms with E-state index in [-0.39, 0.29) is 5.15 Å². The van der Waals surface area contributed by atoms with Crippen molar-refractivity contribution in [2.75, 3.05) is 12.8 Å². The molecular formula is C6H6BrClN2O. The molecule has 0 atom stereocenters. The number of halogens is 2. The molecule has 1 heterocycles. The van der Waals surface area contributed by atoms with Gasteiger partial charge in [0, 0.05) is 6.07 Å². The molecule has 0 amide bonds. The molecule has 0 saturated heterocycles. The van der Waals surface area contributed by atoms with Gasteiger partial charge < -0.3 is 10.5 Å². The minimum Gasteiger partial charge on any atom is -0.494 e. The van der Waals surface area contributed by atoms with Gasteiger partial charge in [-0.3, -0.25) is 0 Å². The van der Waals surface area contributed by atoms with Gasteiger partial charge in [0.1, 0.15) is 16.0 Å². The zero-order valence-electron chi connectivity index (χ0n) is 5.77. The molecule has 60 valence electrons. The maximum absolute atomic E-state index is 5.65. The highest BCUT2D eigenvalue weighted by Crippen LogP contribution is 2.29. The molecule has 0 spiro atoms. The van der Waals surface area contributed by atoms with Gasteiger partial charge in [-0.25, -0.2) is 4.98 Å². The van der Waals surface area contributed by atoms with E-state index in [2.05, 4.69) is 20.9 Å². The third-order valence-electron chi connectivity index (χ3n) is 1.16. The minimum absolute atomic E-state index is 0.247. The summed E-state index contributed by atoms with van der Waals surface area (Å²) in [5.41, 5.74) is 5.88. The topological polar surface area (TPSA) is 48.1 Å². The lowest BCUT2D eigenvalue weighted by atomic mass is 10.4. The third-order valence-corrected chi connectivity index (χ3v) is 1.86. The molecule has 0 saturated carbocycles. The quantitative estimate of drug-likeness (QED) is 0.761. The fraction of sp³-hybridized carbons (Fsp3) is 0.167. The Kier molecular flexibility index (Phi) is 2.57. The van der Waals surface area contributed by atoms with E-state index in [4.69, 9.17) is 22.1 Å². The van der Waals surface area contributed by atoms with Crippen LogP contribution in [0.1, 0.15) is 0 Å². The molecule has 1 rings (SSSR count). The molecule has 0 aliphatic carbocycles. The molecule has 0 radical (unpaired) electrons. The van der Waals surface area contributed by atoms with E-state index in [1.165, 1.54) is 7.11 Å². The highest BCUT2D eigenvalue weighted by Gasteiger charge is 2.06. The van der Waals surface area contributed by atoms with Crippen LogP contribution in [0.3, 0.4) is 0 Å². The normalized spacial score (nSPS) is 9.73. The Morgan fingerprint density at radius 2 is 2.36 bits per heavy atom. The first-order chi connectivity index (χ1) is 5.15. The summed E-state index contributed by atoms with van der Waals surface area (Å²) in [4.78, 5) is 3.86. The standard InChI is InChI=1S/C6H6BrClN2O/c1-11-3-2-4(7)10-6(8)5(3)9/h2H,9H2,1H3. The van der Waals surface area contributed by atoms with Gasteiger partial charge >= 0.3 is 0 Å². The summed E-state index contributed by atoms with van der Waals surface area (Å²) in [5, 5.41) is 0.247. The summed E-state index contributed by atoms with van der Waals surface area (Å²) >= 11 is 8.81. The van der Waals surface area contributed by atoms with Crippen molar-refractivity contribution < 1.29 is 4.74 Å². The van der Waals surface area contributed by atoms with E-state index in [9.17, 15) is 0 Å². The SMILES string of the molecule is COc1cc(Br)nc(Cl)c1N. The number of nitrogen functional groups attached to an aromatic ring is 1. The van der Waals surface area contributed by atoms with E-state index in [0.29, 0.717) is 16.0 Å². The van der Waals surface area contributed by atoms with Gasteiger partial charge in [0.05, 0.1) is 7.11 Å². The van der Waals surface area contributed by atoms with E-state index in [1.807, 2.05) is 0 Å². The van der Waals surface area contributed by atoms with Crippen LogP contribution in [-0.2, 0) is 0 Å². The lowest BCUT2D eigenvalue weighted by molar-refractivity contribution is 0.416. The number of nitrogens with zero attached hydrogens (tertiary/aromatic N) is 1. The lowest BCUT2D eigenvalue weighted by Crippen LogP contribution is -1.95. The maximum atomic E-state index is 5.65. The van der Waals surface area contributed by atoms with Crippen molar-refractivity contribution in [3.8, 4) is 5.75 Å². The third kappa shape index (κ3) is 1.75. The molecule has 0 aliphatic heterocycles. The van der Waals surface area contributed by atoms with Crippen molar-refractivity contribution in [1.82, 2.24) is 4.98 Å². The summed E-state index contributed by atoms with van der Waals surface area (Å²) < 4.78 is 5.53. The molecule has 5 heteroatoms. The summed E-state index contributed by atoms with van der Waals surface area (Å²) in [6.07, 6.45) is 0. The zero-order valence-corrected chi connectivity index (χ0v) is 8.11. The molecule has 0 aromatic carbocycles. The summed E-state index contributed by atoms with van der Waals surface area (Å²) in [6.45, 7) is 0. The predicted molar refractivity (Wildman–Crippen MR) is 47.9 cm³/mol. The van der Waals surface area contributed by atoms with Crippen LogP contribution in [0, 0.1) is 0 Å². The first-order valence-electron chi connectivity index (χ1n) is 2.80. The van der Waals surface area contributed by atoms with Gasteiger partial charge in [-0.2, -0.15) is 0 Å². The molecule has 0 unspecified atom stereocenters. The molecule has 2 N–H and O–H groups in total. The Morgan fingerprint density at radius 3 is 2.91 bits per heavy atom.